The van der Waals surface area contributed by atoms with Gasteiger partial charge in [0.05, 0.1) is 10.9 Å². The zero-order valence-corrected chi connectivity index (χ0v) is 14.7. The minimum atomic E-state index is -1.21. The van der Waals surface area contributed by atoms with E-state index in [1.165, 1.54) is 6.07 Å². The van der Waals surface area contributed by atoms with Crippen LogP contribution >= 0.6 is 11.8 Å². The quantitative estimate of drug-likeness (QED) is 0.851. The van der Waals surface area contributed by atoms with Crippen molar-refractivity contribution < 1.29 is 19.5 Å². The molecule has 2 amide bonds. The molecule has 1 fully saturated rings. The van der Waals surface area contributed by atoms with Crippen molar-refractivity contribution in [1.29, 1.82) is 0 Å². The summed E-state index contributed by atoms with van der Waals surface area (Å²) in [7, 11) is 0. The molecule has 1 saturated heterocycles. The van der Waals surface area contributed by atoms with Gasteiger partial charge in [0.15, 0.2) is 0 Å². The summed E-state index contributed by atoms with van der Waals surface area (Å²) < 4.78 is 1.99. The summed E-state index contributed by atoms with van der Waals surface area (Å²) in [5.41, 5.74) is 4.43. The van der Waals surface area contributed by atoms with Crippen LogP contribution in [-0.2, 0) is 4.79 Å². The molecule has 0 radical (unpaired) electrons. The number of rotatable bonds is 3. The van der Waals surface area contributed by atoms with E-state index < -0.39 is 11.9 Å². The minimum absolute atomic E-state index is 0.128. The molecule has 0 bridgehead atoms. The van der Waals surface area contributed by atoms with Crippen LogP contribution < -0.4 is 10.4 Å². The van der Waals surface area contributed by atoms with Crippen molar-refractivity contribution in [2.75, 3.05) is 0 Å². The van der Waals surface area contributed by atoms with Crippen molar-refractivity contribution >= 4 is 35.0 Å². The van der Waals surface area contributed by atoms with Crippen LogP contribution in [0.1, 0.15) is 32.9 Å². The second-order valence-corrected chi connectivity index (χ2v) is 6.82. The van der Waals surface area contributed by atoms with Crippen molar-refractivity contribution in [2.45, 2.75) is 20.8 Å². The van der Waals surface area contributed by atoms with Crippen LogP contribution in [0, 0.1) is 20.8 Å². The van der Waals surface area contributed by atoms with Gasteiger partial charge in [-0.15, -0.1) is 0 Å². The van der Waals surface area contributed by atoms with E-state index in [0.717, 1.165) is 40.0 Å². The molecule has 1 aromatic heterocycles. The molecule has 2 aromatic rings. The molecule has 1 N–H and O–H groups in total. The number of benzene rings is 1. The third-order valence-electron chi connectivity index (χ3n) is 4.07. The number of amides is 2. The van der Waals surface area contributed by atoms with Crippen LogP contribution in [0.5, 0.6) is 0 Å². The molecule has 1 aliphatic rings. The van der Waals surface area contributed by atoms with Crippen molar-refractivity contribution in [1.82, 2.24) is 9.88 Å². The number of nitrogens with zero attached hydrogens (tertiary/aromatic N) is 1. The van der Waals surface area contributed by atoms with E-state index in [9.17, 15) is 19.5 Å². The highest BCUT2D eigenvalue weighted by molar-refractivity contribution is 8.18. The number of hydrogen-bond acceptors (Lipinski definition) is 5. The third-order valence-corrected chi connectivity index (χ3v) is 4.88. The van der Waals surface area contributed by atoms with Gasteiger partial charge in [0.2, 0.25) is 0 Å². The van der Waals surface area contributed by atoms with Gasteiger partial charge in [-0.05, 0) is 73.5 Å². The molecule has 0 aliphatic carbocycles. The number of aromatic carboxylic acids is 1. The monoisotopic (exact) mass is 355 g/mol. The molecule has 1 aromatic carbocycles. The highest BCUT2D eigenvalue weighted by Crippen LogP contribution is 2.29. The summed E-state index contributed by atoms with van der Waals surface area (Å²) in [5.74, 6) is -1.61. The zero-order chi connectivity index (χ0) is 18.3. The number of carboxylic acids is 1. The Morgan fingerprint density at radius 3 is 2.48 bits per heavy atom. The van der Waals surface area contributed by atoms with Crippen LogP contribution in [0.3, 0.4) is 0 Å². The fraction of sp³-hybridized carbons (Fsp3) is 0.167. The Morgan fingerprint density at radius 1 is 1.20 bits per heavy atom. The molecule has 0 saturated carbocycles. The summed E-state index contributed by atoms with van der Waals surface area (Å²) in [6.07, 6.45) is 1.69. The third kappa shape index (κ3) is 3.10. The van der Waals surface area contributed by atoms with Gasteiger partial charge >= 0.3 is 0 Å². The van der Waals surface area contributed by atoms with Crippen molar-refractivity contribution in [3.05, 3.63) is 57.2 Å². The van der Waals surface area contributed by atoms with Crippen LogP contribution in [0.2, 0.25) is 0 Å². The highest BCUT2D eigenvalue weighted by atomic mass is 32.2. The molecular formula is C18H15N2O4S-. The zero-order valence-electron chi connectivity index (χ0n) is 13.9. The average Bonchev–Trinajstić information content (AvgIpc) is 2.99. The lowest BCUT2D eigenvalue weighted by Gasteiger charge is -2.14. The Bertz CT molecular complexity index is 956. The lowest BCUT2D eigenvalue weighted by Crippen LogP contribution is -2.22. The second-order valence-electron chi connectivity index (χ2n) is 5.80. The lowest BCUT2D eigenvalue weighted by atomic mass is 10.1. The van der Waals surface area contributed by atoms with Crippen LogP contribution in [-0.4, -0.2) is 21.7 Å². The maximum Gasteiger partial charge on any atom is 0.290 e. The standard InChI is InChI=1S/C18H16N2O4S/c1-9-6-12(17(22)23)4-5-14(9)20-10(2)7-13(11(20)3)8-15-16(21)19-18(24)25-15/h4-8H,1-3H3,(H,22,23)(H,19,21,24)/p-1/b15-8-. The first-order valence-electron chi connectivity index (χ1n) is 7.54. The molecule has 3 rings (SSSR count). The van der Waals surface area contributed by atoms with Gasteiger partial charge in [0, 0.05) is 17.1 Å². The molecule has 128 valence electrons. The number of aryl methyl sites for hydroxylation is 2. The molecule has 1 aliphatic heterocycles. The largest absolute Gasteiger partial charge is 0.545 e. The number of carboxylic acid groups (broad SMARTS) is 1. The van der Waals surface area contributed by atoms with Gasteiger partial charge in [0.1, 0.15) is 0 Å². The number of aromatic nitrogens is 1. The SMILES string of the molecule is Cc1cc(C(=O)[O-])ccc1-n1c(C)cc(/C=C2\SC(=O)NC2=O)c1C. The van der Waals surface area contributed by atoms with Gasteiger partial charge in [-0.25, -0.2) is 0 Å². The van der Waals surface area contributed by atoms with E-state index in [1.807, 2.05) is 31.4 Å². The van der Waals surface area contributed by atoms with Crippen LogP contribution in [0.25, 0.3) is 11.8 Å². The number of hydrogen-bond donors (Lipinski definition) is 1. The van der Waals surface area contributed by atoms with Crippen LogP contribution in [0.15, 0.2) is 29.2 Å². The number of thioether (sulfide) groups is 1. The molecule has 2 heterocycles. The molecule has 0 spiro atoms. The first-order valence-corrected chi connectivity index (χ1v) is 8.35. The number of carbonyl (C=O) groups is 3. The number of carbonyl (C=O) groups excluding carboxylic acids is 3. The molecule has 0 atom stereocenters. The summed E-state index contributed by atoms with van der Waals surface area (Å²) in [5, 5.41) is 12.9. The second kappa shape index (κ2) is 6.25. The van der Waals surface area contributed by atoms with Gasteiger partial charge in [-0.3, -0.25) is 14.9 Å². The molecular weight excluding hydrogens is 340 g/mol. The maximum atomic E-state index is 11.7. The first-order chi connectivity index (χ1) is 11.8. The summed E-state index contributed by atoms with van der Waals surface area (Å²) in [6.45, 7) is 5.66. The highest BCUT2D eigenvalue weighted by Gasteiger charge is 2.25. The van der Waals surface area contributed by atoms with Gasteiger partial charge in [-0.1, -0.05) is 6.07 Å². The normalized spacial score (nSPS) is 15.7. The van der Waals surface area contributed by atoms with E-state index in [1.54, 1.807) is 18.2 Å². The van der Waals surface area contributed by atoms with Gasteiger partial charge < -0.3 is 14.5 Å². The van der Waals surface area contributed by atoms with Crippen molar-refractivity contribution in [3.8, 4) is 5.69 Å². The Morgan fingerprint density at radius 2 is 1.92 bits per heavy atom. The first kappa shape index (κ1) is 17.0. The fourth-order valence-corrected chi connectivity index (χ4v) is 3.57. The molecule has 25 heavy (non-hydrogen) atoms. The molecule has 7 heteroatoms. The van der Waals surface area contributed by atoms with E-state index >= 15 is 0 Å². The van der Waals surface area contributed by atoms with E-state index in [0.29, 0.717) is 4.91 Å². The smallest absolute Gasteiger partial charge is 0.290 e. The maximum absolute atomic E-state index is 11.7. The average molecular weight is 355 g/mol. The predicted molar refractivity (Wildman–Crippen MR) is 93.4 cm³/mol. The fourth-order valence-electron chi connectivity index (χ4n) is 2.90. The number of imide groups is 1. The Hall–Kier alpha value is -2.80. The summed E-state index contributed by atoms with van der Waals surface area (Å²) in [6, 6.07) is 6.73. The van der Waals surface area contributed by atoms with E-state index in [2.05, 4.69) is 5.32 Å². The van der Waals surface area contributed by atoms with Crippen LogP contribution in [0.4, 0.5) is 4.79 Å². The Kier molecular flexibility index (Phi) is 4.26. The summed E-state index contributed by atoms with van der Waals surface area (Å²) >= 11 is 0.877. The Labute approximate surface area is 148 Å². The molecule has 0 unspecified atom stereocenters. The van der Waals surface area contributed by atoms with Crippen molar-refractivity contribution in [3.63, 3.8) is 0 Å². The van der Waals surface area contributed by atoms with Crippen molar-refractivity contribution in [2.24, 2.45) is 0 Å². The topological polar surface area (TPSA) is 91.2 Å². The number of nitrogens with one attached hydrogen (secondary N) is 1. The van der Waals surface area contributed by atoms with E-state index in [-0.39, 0.29) is 10.8 Å². The predicted octanol–water partition coefficient (Wildman–Crippen LogP) is 2.09. The minimum Gasteiger partial charge on any atom is -0.545 e. The Balaban J connectivity index is 2.07. The summed E-state index contributed by atoms with van der Waals surface area (Å²) in [4.78, 5) is 34.4. The van der Waals surface area contributed by atoms with Gasteiger partial charge in [0.25, 0.3) is 11.1 Å². The van der Waals surface area contributed by atoms with Gasteiger partial charge in [-0.2, -0.15) is 0 Å². The molecule has 6 nitrogen and oxygen atoms in total. The lowest BCUT2D eigenvalue weighted by molar-refractivity contribution is -0.255. The van der Waals surface area contributed by atoms with E-state index in [4.69, 9.17) is 0 Å².